The van der Waals surface area contributed by atoms with Crippen LogP contribution in [0.2, 0.25) is 0 Å². The summed E-state index contributed by atoms with van der Waals surface area (Å²) in [5.74, 6) is 0.923. The monoisotopic (exact) mass is 358 g/mol. The van der Waals surface area contributed by atoms with E-state index in [2.05, 4.69) is 0 Å². The lowest BCUT2D eigenvalue weighted by Gasteiger charge is -2.44. The van der Waals surface area contributed by atoms with Gasteiger partial charge in [0.15, 0.2) is 0 Å². The summed E-state index contributed by atoms with van der Waals surface area (Å²) < 4.78 is 12.1. The van der Waals surface area contributed by atoms with Crippen LogP contribution < -0.4 is 4.74 Å². The Hall–Kier alpha value is -2.08. The molecule has 3 aliphatic heterocycles. The molecule has 2 atom stereocenters. The van der Waals surface area contributed by atoms with Gasteiger partial charge < -0.3 is 19.3 Å². The van der Waals surface area contributed by atoms with E-state index in [1.54, 1.807) is 6.92 Å². The molecule has 2 saturated heterocycles. The molecule has 1 aromatic carbocycles. The summed E-state index contributed by atoms with van der Waals surface area (Å²) in [5, 5.41) is 0. The SMILES string of the molecule is CC(=O)N1Cc2ccccc2OC2(CCCN(C(=O)C3CCCO3)C2)C1. The number of para-hydroxylation sites is 1. The minimum Gasteiger partial charge on any atom is -0.483 e. The van der Waals surface area contributed by atoms with Crippen LogP contribution in [0.4, 0.5) is 0 Å². The van der Waals surface area contributed by atoms with E-state index in [9.17, 15) is 9.59 Å². The Morgan fingerprint density at radius 1 is 1.15 bits per heavy atom. The standard InChI is InChI=1S/C20H26N2O4/c1-15(23)22-12-16-6-2-3-7-17(16)26-20(14-22)9-5-10-21(13-20)19(24)18-8-4-11-25-18/h2-3,6-7,18H,4-5,8-14H2,1H3. The molecule has 1 aromatic rings. The van der Waals surface area contributed by atoms with Crippen LogP contribution in [-0.4, -0.2) is 59.6 Å². The minimum atomic E-state index is -0.551. The molecular weight excluding hydrogens is 332 g/mol. The van der Waals surface area contributed by atoms with Gasteiger partial charge in [0.2, 0.25) is 5.91 Å². The number of benzene rings is 1. The number of hydrogen-bond donors (Lipinski definition) is 0. The third-order valence-corrected chi connectivity index (χ3v) is 5.64. The maximum absolute atomic E-state index is 12.8. The topological polar surface area (TPSA) is 59.1 Å². The highest BCUT2D eigenvalue weighted by Crippen LogP contribution is 2.35. The van der Waals surface area contributed by atoms with E-state index in [-0.39, 0.29) is 17.9 Å². The van der Waals surface area contributed by atoms with Crippen molar-refractivity contribution >= 4 is 11.8 Å². The van der Waals surface area contributed by atoms with E-state index in [0.717, 1.165) is 43.5 Å². The quantitative estimate of drug-likeness (QED) is 0.770. The Labute approximate surface area is 154 Å². The Morgan fingerprint density at radius 3 is 2.73 bits per heavy atom. The number of ether oxygens (including phenoxy) is 2. The van der Waals surface area contributed by atoms with Crippen molar-refractivity contribution in [2.75, 3.05) is 26.2 Å². The van der Waals surface area contributed by atoms with Gasteiger partial charge in [-0.2, -0.15) is 0 Å². The van der Waals surface area contributed by atoms with Crippen LogP contribution in [0.15, 0.2) is 24.3 Å². The molecule has 0 saturated carbocycles. The van der Waals surface area contributed by atoms with Gasteiger partial charge >= 0.3 is 0 Å². The van der Waals surface area contributed by atoms with Gasteiger partial charge in [-0.15, -0.1) is 0 Å². The lowest BCUT2D eigenvalue weighted by atomic mass is 9.91. The molecule has 0 aromatic heterocycles. The highest BCUT2D eigenvalue weighted by molar-refractivity contribution is 5.81. The van der Waals surface area contributed by atoms with E-state index < -0.39 is 5.60 Å². The van der Waals surface area contributed by atoms with Crippen molar-refractivity contribution in [2.45, 2.75) is 50.9 Å². The fourth-order valence-electron chi connectivity index (χ4n) is 4.31. The van der Waals surface area contributed by atoms with Crippen molar-refractivity contribution in [1.82, 2.24) is 9.80 Å². The second kappa shape index (κ2) is 6.91. The molecule has 1 spiro atoms. The molecule has 0 bridgehead atoms. The molecule has 0 aliphatic carbocycles. The maximum atomic E-state index is 12.8. The summed E-state index contributed by atoms with van der Waals surface area (Å²) in [5.41, 5.74) is 0.465. The van der Waals surface area contributed by atoms with Crippen molar-refractivity contribution in [3.8, 4) is 5.75 Å². The van der Waals surface area contributed by atoms with E-state index in [1.807, 2.05) is 34.1 Å². The minimum absolute atomic E-state index is 0.0345. The zero-order chi connectivity index (χ0) is 18.1. The second-order valence-corrected chi connectivity index (χ2v) is 7.63. The average Bonchev–Trinajstić information content (AvgIpc) is 3.11. The predicted molar refractivity (Wildman–Crippen MR) is 95.7 cm³/mol. The second-order valence-electron chi connectivity index (χ2n) is 7.63. The molecule has 6 heteroatoms. The maximum Gasteiger partial charge on any atom is 0.251 e. The molecule has 3 aliphatic rings. The Kier molecular flexibility index (Phi) is 4.61. The summed E-state index contributed by atoms with van der Waals surface area (Å²) in [7, 11) is 0. The van der Waals surface area contributed by atoms with Crippen molar-refractivity contribution in [1.29, 1.82) is 0 Å². The zero-order valence-electron chi connectivity index (χ0n) is 15.3. The van der Waals surface area contributed by atoms with Crippen molar-refractivity contribution in [3.05, 3.63) is 29.8 Å². The van der Waals surface area contributed by atoms with Crippen LogP contribution in [0.25, 0.3) is 0 Å². The normalized spacial score (nSPS) is 28.4. The summed E-state index contributed by atoms with van der Waals surface area (Å²) in [6.07, 6.45) is 3.13. The lowest BCUT2D eigenvalue weighted by molar-refractivity contribution is -0.148. The first-order chi connectivity index (χ1) is 12.6. The van der Waals surface area contributed by atoms with Gasteiger partial charge in [-0.05, 0) is 31.7 Å². The smallest absolute Gasteiger partial charge is 0.251 e. The fraction of sp³-hybridized carbons (Fsp3) is 0.600. The average molecular weight is 358 g/mol. The summed E-state index contributed by atoms with van der Waals surface area (Å²) in [4.78, 5) is 28.7. The van der Waals surface area contributed by atoms with E-state index in [0.29, 0.717) is 26.2 Å². The molecule has 0 radical (unpaired) electrons. The highest BCUT2D eigenvalue weighted by Gasteiger charge is 2.44. The van der Waals surface area contributed by atoms with E-state index in [4.69, 9.17) is 9.47 Å². The molecule has 4 rings (SSSR count). The number of nitrogens with zero attached hydrogens (tertiary/aromatic N) is 2. The number of piperidine rings is 1. The summed E-state index contributed by atoms with van der Waals surface area (Å²) in [6.45, 7) is 4.55. The van der Waals surface area contributed by atoms with Crippen LogP contribution in [0.3, 0.4) is 0 Å². The zero-order valence-corrected chi connectivity index (χ0v) is 15.3. The number of amides is 2. The number of likely N-dealkylation sites (tertiary alicyclic amines) is 1. The van der Waals surface area contributed by atoms with Gasteiger partial charge in [0.1, 0.15) is 17.5 Å². The van der Waals surface area contributed by atoms with Crippen molar-refractivity contribution < 1.29 is 19.1 Å². The van der Waals surface area contributed by atoms with Gasteiger partial charge in [0, 0.05) is 32.2 Å². The molecule has 2 amide bonds. The van der Waals surface area contributed by atoms with Crippen LogP contribution in [0.1, 0.15) is 38.2 Å². The van der Waals surface area contributed by atoms with Crippen LogP contribution in [0, 0.1) is 0 Å². The molecule has 26 heavy (non-hydrogen) atoms. The Balaban J connectivity index is 1.60. The molecule has 140 valence electrons. The third-order valence-electron chi connectivity index (χ3n) is 5.64. The van der Waals surface area contributed by atoms with Gasteiger partial charge in [0.05, 0.1) is 13.1 Å². The third kappa shape index (κ3) is 3.30. The first-order valence-corrected chi connectivity index (χ1v) is 9.49. The van der Waals surface area contributed by atoms with Crippen LogP contribution in [-0.2, 0) is 20.9 Å². The lowest BCUT2D eigenvalue weighted by Crippen LogP contribution is -2.59. The highest BCUT2D eigenvalue weighted by atomic mass is 16.5. The van der Waals surface area contributed by atoms with Gasteiger partial charge in [-0.3, -0.25) is 9.59 Å². The predicted octanol–water partition coefficient (Wildman–Crippen LogP) is 1.97. The number of carbonyl (C=O) groups excluding carboxylic acids is 2. The number of rotatable bonds is 1. The first-order valence-electron chi connectivity index (χ1n) is 9.49. The molecule has 3 heterocycles. The molecule has 2 unspecified atom stereocenters. The largest absolute Gasteiger partial charge is 0.483 e. The fourth-order valence-corrected chi connectivity index (χ4v) is 4.31. The van der Waals surface area contributed by atoms with Crippen molar-refractivity contribution in [3.63, 3.8) is 0 Å². The van der Waals surface area contributed by atoms with Crippen LogP contribution in [0.5, 0.6) is 5.75 Å². The summed E-state index contributed by atoms with van der Waals surface area (Å²) >= 11 is 0. The molecule has 6 nitrogen and oxygen atoms in total. The van der Waals surface area contributed by atoms with Gasteiger partial charge in [-0.1, -0.05) is 18.2 Å². The van der Waals surface area contributed by atoms with Crippen molar-refractivity contribution in [2.24, 2.45) is 0 Å². The van der Waals surface area contributed by atoms with Gasteiger partial charge in [0.25, 0.3) is 5.91 Å². The van der Waals surface area contributed by atoms with Gasteiger partial charge in [-0.25, -0.2) is 0 Å². The van der Waals surface area contributed by atoms with E-state index >= 15 is 0 Å². The molecule has 2 fully saturated rings. The van der Waals surface area contributed by atoms with Crippen LogP contribution >= 0.6 is 0 Å². The van der Waals surface area contributed by atoms with E-state index in [1.165, 1.54) is 0 Å². The Bertz CT molecular complexity index is 701. The molecule has 0 N–H and O–H groups in total. The number of carbonyl (C=O) groups is 2. The first kappa shape index (κ1) is 17.3. The number of fused-ring (bicyclic) bond motifs is 1. The molecular formula is C20H26N2O4. The Morgan fingerprint density at radius 2 is 1.96 bits per heavy atom. The summed E-state index contributed by atoms with van der Waals surface area (Å²) in [6, 6.07) is 7.88. The number of hydrogen-bond acceptors (Lipinski definition) is 4.